The highest BCUT2D eigenvalue weighted by Gasteiger charge is 2.07. The van der Waals surface area contributed by atoms with Crippen molar-refractivity contribution in [2.75, 3.05) is 19.7 Å². The Morgan fingerprint density at radius 1 is 1.42 bits per heavy atom. The first-order valence-corrected chi connectivity index (χ1v) is 6.35. The molecule has 19 heavy (non-hydrogen) atoms. The molecule has 0 aliphatic heterocycles. The summed E-state index contributed by atoms with van der Waals surface area (Å²) in [4.78, 5) is 13.0. The molecule has 0 saturated heterocycles. The summed E-state index contributed by atoms with van der Waals surface area (Å²) < 4.78 is 5.60. The zero-order valence-corrected chi connectivity index (χ0v) is 11.5. The maximum absolute atomic E-state index is 10.7. The van der Waals surface area contributed by atoms with E-state index in [2.05, 4.69) is 25.3 Å². The van der Waals surface area contributed by atoms with Gasteiger partial charge in [0.2, 0.25) is 0 Å². The zero-order chi connectivity index (χ0) is 14.3. The van der Waals surface area contributed by atoms with Crippen LogP contribution in [0.15, 0.2) is 36.9 Å². The third kappa shape index (κ3) is 5.14. The average Bonchev–Trinajstić information content (AvgIpc) is 2.38. The van der Waals surface area contributed by atoms with Crippen LogP contribution < -0.4 is 4.74 Å². The number of carbonyl (C=O) groups is 1. The Hall–Kier alpha value is -1.81. The molecule has 0 aromatic heterocycles. The quantitative estimate of drug-likeness (QED) is 0.733. The van der Waals surface area contributed by atoms with Crippen LogP contribution in [0.4, 0.5) is 0 Å². The maximum Gasteiger partial charge on any atom is 0.335 e. The Morgan fingerprint density at radius 2 is 2.05 bits per heavy atom. The number of hydrogen-bond acceptors (Lipinski definition) is 3. The van der Waals surface area contributed by atoms with Gasteiger partial charge in [-0.1, -0.05) is 6.08 Å². The third-order valence-electron chi connectivity index (χ3n) is 2.84. The van der Waals surface area contributed by atoms with Crippen molar-refractivity contribution in [2.45, 2.75) is 19.9 Å². The second-order valence-corrected chi connectivity index (χ2v) is 4.56. The second-order valence-electron chi connectivity index (χ2n) is 4.56. The van der Waals surface area contributed by atoms with Gasteiger partial charge >= 0.3 is 5.97 Å². The van der Waals surface area contributed by atoms with E-state index in [-0.39, 0.29) is 5.56 Å². The summed E-state index contributed by atoms with van der Waals surface area (Å²) in [5.74, 6) is -0.240. The summed E-state index contributed by atoms with van der Waals surface area (Å²) >= 11 is 0. The first kappa shape index (κ1) is 15.2. The summed E-state index contributed by atoms with van der Waals surface area (Å²) in [5, 5.41) is 8.79. The summed E-state index contributed by atoms with van der Waals surface area (Å²) in [6, 6.07) is 6.88. The van der Waals surface area contributed by atoms with Gasteiger partial charge in [-0.2, -0.15) is 0 Å². The van der Waals surface area contributed by atoms with Crippen molar-refractivity contribution in [3.05, 3.63) is 42.5 Å². The number of nitrogens with zero attached hydrogens (tertiary/aromatic N) is 1. The van der Waals surface area contributed by atoms with E-state index >= 15 is 0 Å². The molecule has 0 bridgehead atoms. The van der Waals surface area contributed by atoms with Gasteiger partial charge in [0.25, 0.3) is 0 Å². The Labute approximate surface area is 114 Å². The van der Waals surface area contributed by atoms with E-state index in [9.17, 15) is 4.79 Å². The van der Waals surface area contributed by atoms with Crippen LogP contribution in [0.5, 0.6) is 5.75 Å². The Morgan fingerprint density at radius 3 is 2.53 bits per heavy atom. The molecule has 104 valence electrons. The van der Waals surface area contributed by atoms with Crippen LogP contribution in [0.25, 0.3) is 0 Å². The summed E-state index contributed by atoms with van der Waals surface area (Å²) in [6.07, 6.45) is 1.88. The fourth-order valence-electron chi connectivity index (χ4n) is 1.70. The molecule has 0 heterocycles. The average molecular weight is 263 g/mol. The normalized spacial score (nSPS) is 10.7. The van der Waals surface area contributed by atoms with Crippen molar-refractivity contribution in [3.63, 3.8) is 0 Å². The lowest BCUT2D eigenvalue weighted by molar-refractivity contribution is 0.0697. The Bertz CT molecular complexity index is 412. The molecule has 0 atom stereocenters. The van der Waals surface area contributed by atoms with Gasteiger partial charge in [0.05, 0.1) is 5.56 Å². The molecule has 0 fully saturated rings. The Balaban J connectivity index is 2.43. The highest BCUT2D eigenvalue weighted by Crippen LogP contribution is 2.12. The molecule has 0 radical (unpaired) electrons. The van der Waals surface area contributed by atoms with Gasteiger partial charge in [-0.05, 0) is 38.1 Å². The summed E-state index contributed by atoms with van der Waals surface area (Å²) in [7, 11) is 0. The number of carboxylic acids is 1. The number of hydrogen-bond donors (Lipinski definition) is 1. The van der Waals surface area contributed by atoms with Crippen LogP contribution in [0.3, 0.4) is 0 Å². The van der Waals surface area contributed by atoms with Crippen LogP contribution in [0.1, 0.15) is 24.2 Å². The molecule has 4 nitrogen and oxygen atoms in total. The maximum atomic E-state index is 10.7. The number of rotatable bonds is 8. The topological polar surface area (TPSA) is 49.8 Å². The van der Waals surface area contributed by atoms with Gasteiger partial charge in [0, 0.05) is 19.1 Å². The molecule has 0 amide bonds. The van der Waals surface area contributed by atoms with E-state index in [1.165, 1.54) is 0 Å². The van der Waals surface area contributed by atoms with Gasteiger partial charge in [-0.3, -0.25) is 4.90 Å². The van der Waals surface area contributed by atoms with Gasteiger partial charge in [-0.15, -0.1) is 6.58 Å². The van der Waals surface area contributed by atoms with Crippen LogP contribution in [-0.2, 0) is 0 Å². The van der Waals surface area contributed by atoms with E-state index < -0.39 is 5.97 Å². The van der Waals surface area contributed by atoms with Crippen molar-refractivity contribution in [2.24, 2.45) is 0 Å². The molecule has 1 aromatic rings. The van der Waals surface area contributed by atoms with Crippen molar-refractivity contribution in [1.29, 1.82) is 0 Å². The SMILES string of the molecule is C=CCN(CCOc1ccc(C(=O)O)cc1)C(C)C. The molecule has 0 saturated carbocycles. The fourth-order valence-corrected chi connectivity index (χ4v) is 1.70. The molecule has 1 N–H and O–H groups in total. The molecule has 0 aliphatic carbocycles. The Kier molecular flexibility index (Phi) is 6.09. The zero-order valence-electron chi connectivity index (χ0n) is 11.5. The second kappa shape index (κ2) is 7.59. The lowest BCUT2D eigenvalue weighted by atomic mass is 10.2. The van der Waals surface area contributed by atoms with Gasteiger partial charge < -0.3 is 9.84 Å². The lowest BCUT2D eigenvalue weighted by Gasteiger charge is -2.24. The first-order chi connectivity index (χ1) is 9.04. The lowest BCUT2D eigenvalue weighted by Crippen LogP contribution is -2.34. The minimum Gasteiger partial charge on any atom is -0.492 e. The van der Waals surface area contributed by atoms with E-state index in [4.69, 9.17) is 9.84 Å². The number of aromatic carboxylic acids is 1. The van der Waals surface area contributed by atoms with Crippen LogP contribution in [0.2, 0.25) is 0 Å². The highest BCUT2D eigenvalue weighted by molar-refractivity contribution is 5.87. The summed E-state index contributed by atoms with van der Waals surface area (Å²) in [6.45, 7) is 10.2. The third-order valence-corrected chi connectivity index (χ3v) is 2.84. The largest absolute Gasteiger partial charge is 0.492 e. The van der Waals surface area contributed by atoms with Crippen molar-refractivity contribution >= 4 is 5.97 Å². The fraction of sp³-hybridized carbons (Fsp3) is 0.400. The molecular weight excluding hydrogens is 242 g/mol. The molecule has 1 aromatic carbocycles. The number of ether oxygens (including phenoxy) is 1. The molecule has 0 spiro atoms. The van der Waals surface area contributed by atoms with Crippen molar-refractivity contribution in [1.82, 2.24) is 4.90 Å². The molecule has 4 heteroatoms. The van der Waals surface area contributed by atoms with Gasteiger partial charge in [0.1, 0.15) is 12.4 Å². The smallest absolute Gasteiger partial charge is 0.335 e. The standard InChI is InChI=1S/C15H21NO3/c1-4-9-16(12(2)3)10-11-19-14-7-5-13(6-8-14)15(17)18/h4-8,12H,1,9-11H2,2-3H3,(H,17,18). The number of carboxylic acid groups (broad SMARTS) is 1. The minimum atomic E-state index is -0.927. The molecule has 0 aliphatic rings. The highest BCUT2D eigenvalue weighted by atomic mass is 16.5. The van der Waals surface area contributed by atoms with Crippen LogP contribution in [0, 0.1) is 0 Å². The summed E-state index contributed by atoms with van der Waals surface area (Å²) in [5.41, 5.74) is 0.266. The van der Waals surface area contributed by atoms with Crippen molar-refractivity contribution in [3.8, 4) is 5.75 Å². The van der Waals surface area contributed by atoms with Crippen molar-refractivity contribution < 1.29 is 14.6 Å². The molecular formula is C15H21NO3. The molecule has 0 unspecified atom stereocenters. The van der Waals surface area contributed by atoms with E-state index in [0.29, 0.717) is 18.4 Å². The minimum absolute atomic E-state index is 0.266. The molecule has 1 rings (SSSR count). The van der Waals surface area contributed by atoms with Crippen LogP contribution >= 0.6 is 0 Å². The van der Waals surface area contributed by atoms with E-state index in [1.54, 1.807) is 24.3 Å². The predicted octanol–water partition coefficient (Wildman–Crippen LogP) is 2.66. The van der Waals surface area contributed by atoms with Gasteiger partial charge in [-0.25, -0.2) is 4.79 Å². The van der Waals surface area contributed by atoms with Crippen LogP contribution in [-0.4, -0.2) is 41.7 Å². The monoisotopic (exact) mass is 263 g/mol. The number of benzene rings is 1. The van der Waals surface area contributed by atoms with E-state index in [1.807, 2.05) is 6.08 Å². The predicted molar refractivity (Wildman–Crippen MR) is 75.8 cm³/mol. The van der Waals surface area contributed by atoms with E-state index in [0.717, 1.165) is 13.1 Å². The first-order valence-electron chi connectivity index (χ1n) is 6.35. The van der Waals surface area contributed by atoms with Gasteiger partial charge in [0.15, 0.2) is 0 Å².